The molecule has 162 valence electrons. The van der Waals surface area contributed by atoms with Crippen molar-refractivity contribution in [3.05, 3.63) is 69.7 Å². The highest BCUT2D eigenvalue weighted by Crippen LogP contribution is 2.59. The second-order valence-electron chi connectivity index (χ2n) is 9.39. The van der Waals surface area contributed by atoms with Crippen LogP contribution < -0.4 is 0 Å². The summed E-state index contributed by atoms with van der Waals surface area (Å²) in [7, 11) is 0. The average molecular weight is 457 g/mol. The van der Waals surface area contributed by atoms with Gasteiger partial charge in [0.2, 0.25) is 0 Å². The van der Waals surface area contributed by atoms with E-state index in [0.717, 1.165) is 17.5 Å². The number of nitrogens with zero attached hydrogens (tertiary/aromatic N) is 2. The van der Waals surface area contributed by atoms with Crippen LogP contribution in [0, 0.1) is 17.2 Å². The molecule has 2 aliphatic rings. The van der Waals surface area contributed by atoms with Crippen molar-refractivity contribution in [3.8, 4) is 6.07 Å². The Kier molecular flexibility index (Phi) is 5.58. The van der Waals surface area contributed by atoms with E-state index in [0.29, 0.717) is 16.0 Å². The number of carbonyl (C=O) groups excluding carboxylic acids is 1. The fourth-order valence-electron chi connectivity index (χ4n) is 5.55. The largest absolute Gasteiger partial charge is 0.443 e. The van der Waals surface area contributed by atoms with Crippen LogP contribution in [0.1, 0.15) is 51.2 Å². The van der Waals surface area contributed by atoms with Crippen molar-refractivity contribution < 1.29 is 9.53 Å². The van der Waals surface area contributed by atoms with Gasteiger partial charge in [-0.1, -0.05) is 61.3 Å². The number of halogens is 2. The summed E-state index contributed by atoms with van der Waals surface area (Å²) in [5.41, 5.74) is -0.0719. The molecular weight excluding hydrogens is 431 g/mol. The molecule has 4 nitrogen and oxygen atoms in total. The Balaban J connectivity index is 2.04. The minimum atomic E-state index is -0.971. The van der Waals surface area contributed by atoms with Gasteiger partial charge in [0.25, 0.3) is 0 Å². The second kappa shape index (κ2) is 7.81. The SMILES string of the molecule is CC(C)C[C@H]1N2[C@@H](C(=O)OC2(C)C)[C@H](c2cccc(Cl)c2)[C@@]1(C#N)c1ccc(Cl)cc1. The average Bonchev–Trinajstić information content (AvgIpc) is 3.12. The zero-order valence-electron chi connectivity index (χ0n) is 18.1. The molecule has 0 radical (unpaired) electrons. The predicted molar refractivity (Wildman–Crippen MR) is 122 cm³/mol. The molecule has 2 heterocycles. The molecule has 0 aliphatic carbocycles. The Morgan fingerprint density at radius 1 is 1.13 bits per heavy atom. The first-order valence-corrected chi connectivity index (χ1v) is 11.3. The molecule has 0 spiro atoms. The Labute approximate surface area is 193 Å². The molecule has 2 fully saturated rings. The first-order valence-electron chi connectivity index (χ1n) is 10.6. The number of cyclic esters (lactones) is 1. The first kappa shape index (κ1) is 22.1. The quantitative estimate of drug-likeness (QED) is 0.534. The van der Waals surface area contributed by atoms with Crippen molar-refractivity contribution in [1.29, 1.82) is 5.26 Å². The van der Waals surface area contributed by atoms with Gasteiger partial charge in [-0.2, -0.15) is 5.26 Å². The van der Waals surface area contributed by atoms with Crippen LogP contribution in [0.2, 0.25) is 10.0 Å². The van der Waals surface area contributed by atoms with E-state index < -0.39 is 23.1 Å². The summed E-state index contributed by atoms with van der Waals surface area (Å²) in [6.45, 7) is 8.08. The number of hydrogen-bond acceptors (Lipinski definition) is 4. The summed E-state index contributed by atoms with van der Waals surface area (Å²) < 4.78 is 5.83. The van der Waals surface area contributed by atoms with Crippen molar-refractivity contribution in [3.63, 3.8) is 0 Å². The third kappa shape index (κ3) is 3.44. The Morgan fingerprint density at radius 3 is 2.39 bits per heavy atom. The molecule has 2 aromatic carbocycles. The number of rotatable bonds is 4. The van der Waals surface area contributed by atoms with Gasteiger partial charge in [-0.05, 0) is 61.6 Å². The summed E-state index contributed by atoms with van der Waals surface area (Å²) in [6.07, 6.45) is 0.740. The first-order chi connectivity index (χ1) is 14.6. The highest BCUT2D eigenvalue weighted by molar-refractivity contribution is 6.30. The molecule has 2 aromatic rings. The number of carbonyl (C=O) groups is 1. The summed E-state index contributed by atoms with van der Waals surface area (Å²) >= 11 is 12.5. The number of benzene rings is 2. The standard InChI is InChI=1S/C25H26Cl2N2O2/c1-15(2)12-20-25(14-28,17-8-10-18(26)11-9-17)21(16-6-5-7-19(27)13-16)22-23(30)31-24(3,4)29(20)22/h5-11,13,15,20-22H,12H2,1-4H3/t20-,21+,22-,25+/m1/s1. The highest BCUT2D eigenvalue weighted by Gasteiger charge is 2.69. The van der Waals surface area contributed by atoms with Crippen LogP contribution in [0.15, 0.2) is 48.5 Å². The van der Waals surface area contributed by atoms with Gasteiger partial charge in [-0.25, -0.2) is 4.90 Å². The minimum absolute atomic E-state index is 0.228. The summed E-state index contributed by atoms with van der Waals surface area (Å²) in [5.74, 6) is -0.416. The zero-order chi connectivity index (χ0) is 22.6. The van der Waals surface area contributed by atoms with Crippen molar-refractivity contribution in [2.75, 3.05) is 0 Å². The van der Waals surface area contributed by atoms with Gasteiger partial charge < -0.3 is 4.74 Å². The molecule has 0 aromatic heterocycles. The van der Waals surface area contributed by atoms with Gasteiger partial charge in [0.1, 0.15) is 11.5 Å². The van der Waals surface area contributed by atoms with Crippen molar-refractivity contribution in [2.24, 2.45) is 5.92 Å². The maximum Gasteiger partial charge on any atom is 0.325 e. The van der Waals surface area contributed by atoms with Gasteiger partial charge in [0.15, 0.2) is 5.72 Å². The van der Waals surface area contributed by atoms with E-state index in [1.807, 2.05) is 56.3 Å². The zero-order valence-corrected chi connectivity index (χ0v) is 19.6. The van der Waals surface area contributed by atoms with Crippen LogP contribution in [0.5, 0.6) is 0 Å². The number of ether oxygens (including phenoxy) is 1. The van der Waals surface area contributed by atoms with Gasteiger partial charge in [-0.3, -0.25) is 4.79 Å². The van der Waals surface area contributed by atoms with Crippen LogP contribution in [0.3, 0.4) is 0 Å². The molecule has 0 unspecified atom stereocenters. The fourth-order valence-corrected chi connectivity index (χ4v) is 5.87. The van der Waals surface area contributed by atoms with E-state index in [1.54, 1.807) is 6.07 Å². The molecule has 4 rings (SSSR count). The van der Waals surface area contributed by atoms with Gasteiger partial charge in [0.05, 0.1) is 6.07 Å². The van der Waals surface area contributed by atoms with E-state index in [9.17, 15) is 10.1 Å². The molecule has 4 atom stereocenters. The monoisotopic (exact) mass is 456 g/mol. The minimum Gasteiger partial charge on any atom is -0.443 e. The highest BCUT2D eigenvalue weighted by atomic mass is 35.5. The lowest BCUT2D eigenvalue weighted by molar-refractivity contribution is -0.152. The molecule has 0 N–H and O–H groups in total. The number of esters is 1. The van der Waals surface area contributed by atoms with Crippen LogP contribution >= 0.6 is 23.2 Å². The fraction of sp³-hybridized carbons (Fsp3) is 0.440. The van der Waals surface area contributed by atoms with Crippen molar-refractivity contribution in [1.82, 2.24) is 4.90 Å². The third-order valence-corrected chi connectivity index (χ3v) is 7.08. The van der Waals surface area contributed by atoms with Crippen LogP contribution in [0.25, 0.3) is 0 Å². The molecular formula is C25H26Cl2N2O2. The maximum absolute atomic E-state index is 13.2. The second-order valence-corrected chi connectivity index (χ2v) is 10.3. The summed E-state index contributed by atoms with van der Waals surface area (Å²) in [5, 5.41) is 12.0. The molecule has 0 amide bonds. The maximum atomic E-state index is 13.2. The Morgan fingerprint density at radius 2 is 1.81 bits per heavy atom. The molecule has 0 saturated carbocycles. The Bertz CT molecular complexity index is 1040. The normalized spacial score (nSPS) is 29.6. The van der Waals surface area contributed by atoms with Gasteiger partial charge >= 0.3 is 5.97 Å². The molecule has 0 bridgehead atoms. The van der Waals surface area contributed by atoms with E-state index in [4.69, 9.17) is 27.9 Å². The predicted octanol–water partition coefficient (Wildman–Crippen LogP) is 5.93. The van der Waals surface area contributed by atoms with Crippen molar-refractivity contribution >= 4 is 29.2 Å². The number of fused-ring (bicyclic) bond motifs is 1. The lowest BCUT2D eigenvalue weighted by Crippen LogP contribution is -2.51. The van der Waals surface area contributed by atoms with Crippen LogP contribution in [-0.4, -0.2) is 28.7 Å². The number of nitriles is 1. The Hall–Kier alpha value is -2.06. The summed E-state index contributed by atoms with van der Waals surface area (Å²) in [4.78, 5) is 15.4. The summed E-state index contributed by atoms with van der Waals surface area (Å²) in [6, 6.07) is 16.8. The molecule has 2 saturated heterocycles. The van der Waals surface area contributed by atoms with Crippen LogP contribution in [0.4, 0.5) is 0 Å². The van der Waals surface area contributed by atoms with Gasteiger partial charge in [-0.15, -0.1) is 0 Å². The van der Waals surface area contributed by atoms with Crippen molar-refractivity contribution in [2.45, 2.75) is 63.3 Å². The van der Waals surface area contributed by atoms with Crippen LogP contribution in [-0.2, 0) is 14.9 Å². The van der Waals surface area contributed by atoms with E-state index in [1.165, 1.54) is 0 Å². The molecule has 2 aliphatic heterocycles. The lowest BCUT2D eigenvalue weighted by Gasteiger charge is -2.40. The smallest absolute Gasteiger partial charge is 0.325 e. The van der Waals surface area contributed by atoms with Gasteiger partial charge in [0, 0.05) is 22.0 Å². The molecule has 31 heavy (non-hydrogen) atoms. The van der Waals surface area contributed by atoms with E-state index in [2.05, 4.69) is 24.8 Å². The third-order valence-electron chi connectivity index (χ3n) is 6.59. The van der Waals surface area contributed by atoms with E-state index in [-0.39, 0.29) is 12.0 Å². The number of hydrogen-bond donors (Lipinski definition) is 0. The molecule has 6 heteroatoms. The lowest BCUT2D eigenvalue weighted by atomic mass is 9.64. The topological polar surface area (TPSA) is 53.3 Å². The van der Waals surface area contributed by atoms with E-state index >= 15 is 0 Å².